The second kappa shape index (κ2) is 7.36. The van der Waals surface area contributed by atoms with Gasteiger partial charge < -0.3 is 9.69 Å². The normalized spacial score (nSPS) is 18.6. The third kappa shape index (κ3) is 3.31. The summed E-state index contributed by atoms with van der Waals surface area (Å²) in [6.45, 7) is 8.09. The summed E-state index contributed by atoms with van der Waals surface area (Å²) >= 11 is 0. The van der Waals surface area contributed by atoms with E-state index in [9.17, 15) is 9.59 Å². The molecule has 112 valence electrons. The number of rotatable bonds is 5. The maximum absolute atomic E-state index is 12.5. The van der Waals surface area contributed by atoms with Crippen LogP contribution in [-0.4, -0.2) is 17.1 Å². The number of fused-ring (bicyclic) bond motifs is 1. The zero-order valence-corrected chi connectivity index (χ0v) is 12.5. The van der Waals surface area contributed by atoms with Crippen LogP contribution in [-0.2, 0) is 16.1 Å². The molecular formula is C19H19NO2. The molecule has 1 aliphatic heterocycles. The fourth-order valence-electron chi connectivity index (χ4n) is 2.46. The van der Waals surface area contributed by atoms with Gasteiger partial charge in [-0.05, 0) is 22.8 Å². The highest BCUT2D eigenvalue weighted by Crippen LogP contribution is 2.25. The molecule has 1 aromatic rings. The Morgan fingerprint density at radius 3 is 2.64 bits per heavy atom. The van der Waals surface area contributed by atoms with E-state index >= 15 is 0 Å². The maximum Gasteiger partial charge on any atom is 0.227 e. The molecule has 1 aromatic carbocycles. The van der Waals surface area contributed by atoms with E-state index in [-0.39, 0.29) is 18.7 Å². The number of allylic oxidation sites excluding steroid dienone is 4. The molecule has 0 N–H and O–H groups in total. The van der Waals surface area contributed by atoms with Crippen molar-refractivity contribution < 1.29 is 9.59 Å². The molecule has 0 saturated carbocycles. The van der Waals surface area contributed by atoms with Gasteiger partial charge in [0.05, 0.1) is 12.2 Å². The van der Waals surface area contributed by atoms with Gasteiger partial charge in [-0.2, -0.15) is 0 Å². The average Bonchev–Trinajstić information content (AvgIpc) is 2.53. The molecule has 2 rings (SSSR count). The molecule has 0 aromatic heterocycles. The van der Waals surface area contributed by atoms with Crippen molar-refractivity contribution in [2.24, 2.45) is 0 Å². The summed E-state index contributed by atoms with van der Waals surface area (Å²) in [4.78, 5) is 24.7. The van der Waals surface area contributed by atoms with Gasteiger partial charge in [0.25, 0.3) is 0 Å². The molecule has 3 nitrogen and oxygen atoms in total. The Bertz CT molecular complexity index is 668. The fraction of sp³-hybridized carbons (Fsp3) is 0.158. The summed E-state index contributed by atoms with van der Waals surface area (Å²) in [6.07, 6.45) is 8.50. The number of nitrogens with zero attached hydrogens (tertiary/aromatic N) is 1. The maximum atomic E-state index is 12.5. The summed E-state index contributed by atoms with van der Waals surface area (Å²) in [5.41, 5.74) is 3.68. The number of aldehydes is 1. The predicted octanol–water partition coefficient (Wildman–Crippen LogP) is 3.65. The summed E-state index contributed by atoms with van der Waals surface area (Å²) < 4.78 is 0. The molecule has 0 fully saturated rings. The van der Waals surface area contributed by atoms with Gasteiger partial charge in [-0.15, -0.1) is 0 Å². The van der Waals surface area contributed by atoms with E-state index in [1.807, 2.05) is 36.4 Å². The van der Waals surface area contributed by atoms with Crippen LogP contribution in [0.25, 0.3) is 6.08 Å². The number of amides is 1. The Labute approximate surface area is 130 Å². The van der Waals surface area contributed by atoms with Gasteiger partial charge in [0.15, 0.2) is 0 Å². The molecular weight excluding hydrogens is 274 g/mol. The standard InChI is InChI=1S/C19H19NO2/c1-3-15-11-12-16-8-5-6-9-17(16)14-20(18(15)4-2)19(22)10-7-13-21/h3-6,8-9,11-13H,1-2,7,10,14H2/b12-11-,18-15-. The largest absolute Gasteiger partial charge is 0.307 e. The van der Waals surface area contributed by atoms with Crippen LogP contribution in [0.3, 0.4) is 0 Å². The van der Waals surface area contributed by atoms with E-state index in [2.05, 4.69) is 13.2 Å². The molecule has 0 spiro atoms. The smallest absolute Gasteiger partial charge is 0.227 e. The van der Waals surface area contributed by atoms with Gasteiger partial charge in [-0.1, -0.05) is 55.7 Å². The van der Waals surface area contributed by atoms with Crippen LogP contribution >= 0.6 is 0 Å². The van der Waals surface area contributed by atoms with Crippen LogP contribution in [0, 0.1) is 0 Å². The van der Waals surface area contributed by atoms with Crippen LogP contribution in [0.1, 0.15) is 24.0 Å². The summed E-state index contributed by atoms with van der Waals surface area (Å²) in [7, 11) is 0. The second-order valence-electron chi connectivity index (χ2n) is 4.97. The molecule has 1 aliphatic rings. The quantitative estimate of drug-likeness (QED) is 0.777. The van der Waals surface area contributed by atoms with E-state index in [1.54, 1.807) is 17.1 Å². The number of carbonyl (C=O) groups excluding carboxylic acids is 2. The minimum absolute atomic E-state index is 0.0912. The Hall–Kier alpha value is -2.68. The van der Waals surface area contributed by atoms with E-state index in [4.69, 9.17) is 0 Å². The third-order valence-electron chi connectivity index (χ3n) is 3.60. The lowest BCUT2D eigenvalue weighted by Gasteiger charge is -2.27. The summed E-state index contributed by atoms with van der Waals surface area (Å²) in [6, 6.07) is 7.93. The predicted molar refractivity (Wildman–Crippen MR) is 88.7 cm³/mol. The van der Waals surface area contributed by atoms with Crippen molar-refractivity contribution in [3.05, 3.63) is 78.0 Å². The minimum atomic E-state index is -0.0912. The number of hydrogen-bond acceptors (Lipinski definition) is 2. The van der Waals surface area contributed by atoms with Gasteiger partial charge in [0.1, 0.15) is 6.29 Å². The first-order valence-electron chi connectivity index (χ1n) is 7.20. The number of benzene rings is 1. The Balaban J connectivity index is 2.51. The highest BCUT2D eigenvalue weighted by atomic mass is 16.2. The zero-order valence-electron chi connectivity index (χ0n) is 12.5. The first-order chi connectivity index (χ1) is 10.7. The third-order valence-corrected chi connectivity index (χ3v) is 3.60. The lowest BCUT2D eigenvalue weighted by atomic mass is 10.0. The number of hydrogen-bond donors (Lipinski definition) is 0. The van der Waals surface area contributed by atoms with Crippen molar-refractivity contribution in [3.63, 3.8) is 0 Å². The molecule has 22 heavy (non-hydrogen) atoms. The second-order valence-corrected chi connectivity index (χ2v) is 4.97. The fourth-order valence-corrected chi connectivity index (χ4v) is 2.46. The molecule has 1 heterocycles. The van der Waals surface area contributed by atoms with Crippen LogP contribution in [0.5, 0.6) is 0 Å². The first-order valence-corrected chi connectivity index (χ1v) is 7.20. The van der Waals surface area contributed by atoms with Crippen molar-refractivity contribution >= 4 is 18.3 Å². The van der Waals surface area contributed by atoms with Gasteiger partial charge >= 0.3 is 0 Å². The van der Waals surface area contributed by atoms with Crippen LogP contribution in [0.15, 0.2) is 66.9 Å². The minimum Gasteiger partial charge on any atom is -0.307 e. The molecule has 0 bridgehead atoms. The van der Waals surface area contributed by atoms with Crippen molar-refractivity contribution in [2.45, 2.75) is 19.4 Å². The highest BCUT2D eigenvalue weighted by Gasteiger charge is 2.20. The van der Waals surface area contributed by atoms with Crippen LogP contribution in [0.2, 0.25) is 0 Å². The molecule has 1 amide bonds. The topological polar surface area (TPSA) is 37.4 Å². The first kappa shape index (κ1) is 15.7. The van der Waals surface area contributed by atoms with Gasteiger partial charge in [-0.3, -0.25) is 4.79 Å². The zero-order chi connectivity index (χ0) is 15.9. The molecule has 0 radical (unpaired) electrons. The monoisotopic (exact) mass is 293 g/mol. The molecule has 0 unspecified atom stereocenters. The van der Waals surface area contributed by atoms with Gasteiger partial charge in [0, 0.05) is 12.8 Å². The van der Waals surface area contributed by atoms with Gasteiger partial charge in [-0.25, -0.2) is 0 Å². The summed E-state index contributed by atoms with van der Waals surface area (Å²) in [5, 5.41) is 0. The SMILES string of the molecule is C=CC1=C(\C=C)N(C(=O)CCC=O)Cc2ccccc2/C=C\1. The Morgan fingerprint density at radius 2 is 1.95 bits per heavy atom. The van der Waals surface area contributed by atoms with E-state index in [1.165, 1.54) is 0 Å². The van der Waals surface area contributed by atoms with Crippen LogP contribution < -0.4 is 0 Å². The van der Waals surface area contributed by atoms with Crippen molar-refractivity contribution in [2.75, 3.05) is 0 Å². The lowest BCUT2D eigenvalue weighted by Crippen LogP contribution is -2.30. The Morgan fingerprint density at radius 1 is 1.18 bits per heavy atom. The number of carbonyl (C=O) groups is 2. The summed E-state index contributed by atoms with van der Waals surface area (Å²) in [5.74, 6) is -0.0912. The Kier molecular flexibility index (Phi) is 5.26. The molecule has 3 heteroatoms. The van der Waals surface area contributed by atoms with Crippen molar-refractivity contribution in [1.82, 2.24) is 4.90 Å². The van der Waals surface area contributed by atoms with E-state index in [0.717, 1.165) is 28.7 Å². The van der Waals surface area contributed by atoms with Gasteiger partial charge in [0.2, 0.25) is 5.91 Å². The van der Waals surface area contributed by atoms with Crippen molar-refractivity contribution in [3.8, 4) is 0 Å². The van der Waals surface area contributed by atoms with Crippen LogP contribution in [0.4, 0.5) is 0 Å². The lowest BCUT2D eigenvalue weighted by molar-refractivity contribution is -0.130. The average molecular weight is 293 g/mol. The molecule has 0 atom stereocenters. The van der Waals surface area contributed by atoms with Crippen molar-refractivity contribution in [1.29, 1.82) is 0 Å². The highest BCUT2D eigenvalue weighted by molar-refractivity contribution is 5.81. The molecule has 0 aliphatic carbocycles. The van der Waals surface area contributed by atoms with E-state index in [0.29, 0.717) is 6.54 Å². The molecule has 0 saturated heterocycles. The van der Waals surface area contributed by atoms with E-state index < -0.39 is 0 Å².